The number of likely N-dealkylation sites (N-methyl/N-ethyl adjacent to an activating group) is 1. The number of ether oxygens (including phenoxy) is 1. The van der Waals surface area contributed by atoms with Crippen LogP contribution in [0.1, 0.15) is 39.2 Å². The van der Waals surface area contributed by atoms with E-state index in [1.165, 1.54) is 10.5 Å². The minimum atomic E-state index is -0.851. The quantitative estimate of drug-likeness (QED) is 0.841. The number of benzene rings is 1. The number of nitrogens with zero attached hydrogens (tertiary/aromatic N) is 1. The lowest BCUT2D eigenvalue weighted by molar-refractivity contribution is -0.138. The van der Waals surface area contributed by atoms with Gasteiger partial charge in [-0.15, -0.1) is 0 Å². The minimum Gasteiger partial charge on any atom is -0.484 e. The van der Waals surface area contributed by atoms with Crippen LogP contribution in [0.3, 0.4) is 0 Å². The van der Waals surface area contributed by atoms with Gasteiger partial charge < -0.3 is 14.7 Å². The summed E-state index contributed by atoms with van der Waals surface area (Å²) in [6.45, 7) is 6.78. The van der Waals surface area contributed by atoms with E-state index in [2.05, 4.69) is 20.8 Å². The lowest BCUT2D eigenvalue weighted by Gasteiger charge is -2.20. The van der Waals surface area contributed by atoms with Gasteiger partial charge in [0.2, 0.25) is 0 Å². The van der Waals surface area contributed by atoms with Crippen molar-refractivity contribution < 1.29 is 19.4 Å². The Balaban J connectivity index is 2.42. The number of carboxylic acids is 1. The second-order valence-electron chi connectivity index (χ2n) is 6.38. The average Bonchev–Trinajstić information content (AvgIpc) is 2.43. The molecule has 1 N–H and O–H groups in total. The van der Waals surface area contributed by atoms with Gasteiger partial charge in [-0.05, 0) is 29.5 Å². The third-order valence-electron chi connectivity index (χ3n) is 3.39. The van der Waals surface area contributed by atoms with Crippen LogP contribution < -0.4 is 4.74 Å². The third-order valence-corrected chi connectivity index (χ3v) is 3.39. The average molecular weight is 307 g/mol. The number of carbonyl (C=O) groups excluding carboxylic acids is 1. The SMILES string of the molecule is CN(CCCC(=O)O)C(=O)COc1ccc(C(C)(C)C)cc1. The summed E-state index contributed by atoms with van der Waals surface area (Å²) >= 11 is 0. The molecule has 1 amide bonds. The molecular weight excluding hydrogens is 282 g/mol. The second kappa shape index (κ2) is 7.82. The zero-order chi connectivity index (χ0) is 16.8. The van der Waals surface area contributed by atoms with Gasteiger partial charge in [0.05, 0.1) is 0 Å². The molecule has 0 aliphatic carbocycles. The van der Waals surface area contributed by atoms with E-state index in [1.807, 2.05) is 24.3 Å². The molecule has 5 heteroatoms. The number of carboxylic acid groups (broad SMARTS) is 1. The summed E-state index contributed by atoms with van der Waals surface area (Å²) in [7, 11) is 1.65. The maximum atomic E-state index is 11.9. The van der Waals surface area contributed by atoms with Gasteiger partial charge in [0.15, 0.2) is 6.61 Å². The molecule has 0 spiro atoms. The van der Waals surface area contributed by atoms with Crippen molar-refractivity contribution in [3.8, 4) is 5.75 Å². The molecule has 122 valence electrons. The zero-order valence-electron chi connectivity index (χ0n) is 13.8. The Hall–Kier alpha value is -2.04. The highest BCUT2D eigenvalue weighted by molar-refractivity contribution is 5.77. The van der Waals surface area contributed by atoms with Gasteiger partial charge in [-0.25, -0.2) is 0 Å². The van der Waals surface area contributed by atoms with Gasteiger partial charge >= 0.3 is 5.97 Å². The summed E-state index contributed by atoms with van der Waals surface area (Å²) < 4.78 is 5.48. The van der Waals surface area contributed by atoms with Crippen molar-refractivity contribution in [2.24, 2.45) is 0 Å². The molecule has 22 heavy (non-hydrogen) atoms. The lowest BCUT2D eigenvalue weighted by Crippen LogP contribution is -2.32. The lowest BCUT2D eigenvalue weighted by atomic mass is 9.87. The van der Waals surface area contributed by atoms with Gasteiger partial charge in [0, 0.05) is 20.0 Å². The first-order chi connectivity index (χ1) is 10.2. The molecule has 0 saturated heterocycles. The van der Waals surface area contributed by atoms with Crippen molar-refractivity contribution in [3.63, 3.8) is 0 Å². The number of amides is 1. The maximum Gasteiger partial charge on any atom is 0.303 e. The Morgan fingerprint density at radius 3 is 2.27 bits per heavy atom. The third kappa shape index (κ3) is 6.16. The highest BCUT2D eigenvalue weighted by atomic mass is 16.5. The molecule has 0 fully saturated rings. The van der Waals surface area contributed by atoms with E-state index in [1.54, 1.807) is 7.05 Å². The molecule has 0 aliphatic heterocycles. The van der Waals surface area contributed by atoms with Gasteiger partial charge in [0.1, 0.15) is 5.75 Å². The van der Waals surface area contributed by atoms with Gasteiger partial charge in [-0.3, -0.25) is 9.59 Å². The normalized spacial score (nSPS) is 11.1. The molecule has 0 radical (unpaired) electrons. The van der Waals surface area contributed by atoms with Crippen LogP contribution in [-0.4, -0.2) is 42.1 Å². The molecule has 0 unspecified atom stereocenters. The molecule has 0 saturated carbocycles. The van der Waals surface area contributed by atoms with Crippen molar-refractivity contribution in [2.75, 3.05) is 20.2 Å². The number of rotatable bonds is 7. The van der Waals surface area contributed by atoms with Gasteiger partial charge in [-0.1, -0.05) is 32.9 Å². The Kier molecular flexibility index (Phi) is 6.40. The number of aliphatic carboxylic acids is 1. The maximum absolute atomic E-state index is 11.9. The first-order valence-electron chi connectivity index (χ1n) is 7.39. The van der Waals surface area contributed by atoms with Gasteiger partial charge in [0.25, 0.3) is 5.91 Å². The highest BCUT2D eigenvalue weighted by Gasteiger charge is 2.14. The fraction of sp³-hybridized carbons (Fsp3) is 0.529. The van der Waals surface area contributed by atoms with Crippen LogP contribution in [0, 0.1) is 0 Å². The van der Waals surface area contributed by atoms with Crippen molar-refractivity contribution in [2.45, 2.75) is 39.0 Å². The van der Waals surface area contributed by atoms with Crippen LogP contribution in [0.4, 0.5) is 0 Å². The molecule has 1 aromatic carbocycles. The van der Waals surface area contributed by atoms with Crippen molar-refractivity contribution in [1.82, 2.24) is 4.90 Å². The number of hydrogen-bond acceptors (Lipinski definition) is 3. The molecule has 5 nitrogen and oxygen atoms in total. The molecule has 0 aromatic heterocycles. The summed E-state index contributed by atoms with van der Waals surface area (Å²) in [4.78, 5) is 23.8. The predicted molar refractivity (Wildman–Crippen MR) is 85.1 cm³/mol. The predicted octanol–water partition coefficient (Wildman–Crippen LogP) is 2.69. The molecule has 0 aliphatic rings. The summed E-state index contributed by atoms with van der Waals surface area (Å²) in [6.07, 6.45) is 0.505. The summed E-state index contributed by atoms with van der Waals surface area (Å²) in [5, 5.41) is 8.57. The van der Waals surface area contributed by atoms with E-state index in [4.69, 9.17) is 9.84 Å². The Morgan fingerprint density at radius 1 is 1.18 bits per heavy atom. The van der Waals surface area contributed by atoms with Crippen LogP contribution >= 0.6 is 0 Å². The number of carbonyl (C=O) groups is 2. The summed E-state index contributed by atoms with van der Waals surface area (Å²) in [6, 6.07) is 7.71. The summed E-state index contributed by atoms with van der Waals surface area (Å²) in [5.41, 5.74) is 1.29. The number of hydrogen-bond donors (Lipinski definition) is 1. The van der Waals surface area contributed by atoms with E-state index in [-0.39, 0.29) is 24.3 Å². The standard InChI is InChI=1S/C17H25NO4/c1-17(2,3)13-7-9-14(10-8-13)22-12-15(19)18(4)11-5-6-16(20)21/h7-10H,5-6,11-12H2,1-4H3,(H,20,21). The van der Waals surface area contributed by atoms with Crippen LogP contribution in [0.15, 0.2) is 24.3 Å². The molecular formula is C17H25NO4. The first kappa shape index (κ1) is 18.0. The van der Waals surface area contributed by atoms with Gasteiger partial charge in [-0.2, -0.15) is 0 Å². The van der Waals surface area contributed by atoms with Crippen LogP contribution in [-0.2, 0) is 15.0 Å². The van der Waals surface area contributed by atoms with Crippen LogP contribution in [0.5, 0.6) is 5.75 Å². The Labute approximate surface area is 131 Å². The van der Waals surface area contributed by atoms with Crippen LogP contribution in [0.2, 0.25) is 0 Å². The fourth-order valence-corrected chi connectivity index (χ4v) is 1.90. The molecule has 1 aromatic rings. The monoisotopic (exact) mass is 307 g/mol. The van der Waals surface area contributed by atoms with E-state index < -0.39 is 5.97 Å². The Morgan fingerprint density at radius 2 is 1.77 bits per heavy atom. The first-order valence-corrected chi connectivity index (χ1v) is 7.39. The van der Waals surface area contributed by atoms with Crippen molar-refractivity contribution in [1.29, 1.82) is 0 Å². The van der Waals surface area contributed by atoms with E-state index in [0.717, 1.165) is 0 Å². The molecule has 1 rings (SSSR count). The van der Waals surface area contributed by atoms with E-state index >= 15 is 0 Å². The minimum absolute atomic E-state index is 0.0432. The summed E-state index contributed by atoms with van der Waals surface area (Å²) in [5.74, 6) is -0.360. The second-order valence-corrected chi connectivity index (χ2v) is 6.38. The Bertz CT molecular complexity index is 502. The smallest absolute Gasteiger partial charge is 0.303 e. The molecule has 0 heterocycles. The van der Waals surface area contributed by atoms with E-state index in [0.29, 0.717) is 18.7 Å². The zero-order valence-corrected chi connectivity index (χ0v) is 13.8. The van der Waals surface area contributed by atoms with E-state index in [9.17, 15) is 9.59 Å². The largest absolute Gasteiger partial charge is 0.484 e. The topological polar surface area (TPSA) is 66.8 Å². The van der Waals surface area contributed by atoms with Crippen molar-refractivity contribution >= 4 is 11.9 Å². The fourth-order valence-electron chi connectivity index (χ4n) is 1.90. The molecule has 0 bridgehead atoms. The highest BCUT2D eigenvalue weighted by Crippen LogP contribution is 2.24. The van der Waals surface area contributed by atoms with Crippen molar-refractivity contribution in [3.05, 3.63) is 29.8 Å². The van der Waals surface area contributed by atoms with Crippen LogP contribution in [0.25, 0.3) is 0 Å². The molecule has 0 atom stereocenters.